The second kappa shape index (κ2) is 2.84. The molecule has 60 valence electrons. The fourth-order valence-electron chi connectivity index (χ4n) is 0.661. The summed E-state index contributed by atoms with van der Waals surface area (Å²) in [5, 5.41) is 0. The number of halogens is 3. The molecule has 0 bridgehead atoms. The highest BCUT2D eigenvalue weighted by atomic mass is 19.4. The van der Waals surface area contributed by atoms with Gasteiger partial charge in [0.15, 0.2) is 0 Å². The first-order chi connectivity index (χ1) is 5.08. The Morgan fingerprint density at radius 3 is 2.64 bits per heavy atom. The molecule has 0 amide bonds. The molecule has 0 unspecified atom stereocenters. The zero-order valence-electron chi connectivity index (χ0n) is 5.48. The van der Waals surface area contributed by atoms with Gasteiger partial charge in [0, 0.05) is 6.42 Å². The van der Waals surface area contributed by atoms with Gasteiger partial charge < -0.3 is 4.74 Å². The van der Waals surface area contributed by atoms with E-state index in [1.54, 1.807) is 0 Å². The topological polar surface area (TPSA) is 9.23 Å². The van der Waals surface area contributed by atoms with E-state index in [1.165, 1.54) is 18.2 Å². The van der Waals surface area contributed by atoms with E-state index in [1.807, 2.05) is 0 Å². The number of allylic oxidation sites excluding steroid dienone is 2. The smallest absolute Gasteiger partial charge is 0.410 e. The summed E-state index contributed by atoms with van der Waals surface area (Å²) in [6.45, 7) is 0. The van der Waals surface area contributed by atoms with Crippen LogP contribution in [0.2, 0.25) is 0 Å². The second-order valence-electron chi connectivity index (χ2n) is 1.92. The Kier molecular flexibility index (Phi) is 2.06. The number of ether oxygens (including phenoxy) is 1. The zero-order chi connectivity index (χ0) is 8.32. The van der Waals surface area contributed by atoms with Crippen LogP contribution in [0.1, 0.15) is 6.42 Å². The molecule has 0 aromatic carbocycles. The molecular formula is C7H5F3O. The maximum atomic E-state index is 11.5. The number of alkyl halides is 3. The van der Waals surface area contributed by atoms with Crippen LogP contribution in [0.15, 0.2) is 29.7 Å². The van der Waals surface area contributed by atoms with E-state index < -0.39 is 6.36 Å². The summed E-state index contributed by atoms with van der Waals surface area (Å²) >= 11 is 0. The predicted octanol–water partition coefficient (Wildman–Crippen LogP) is 2.52. The van der Waals surface area contributed by atoms with Crippen LogP contribution in [0.25, 0.3) is 0 Å². The van der Waals surface area contributed by atoms with Gasteiger partial charge in [0.2, 0.25) is 0 Å². The van der Waals surface area contributed by atoms with Gasteiger partial charge in [0.05, 0.1) is 0 Å². The molecule has 1 nitrogen and oxygen atoms in total. The van der Waals surface area contributed by atoms with Gasteiger partial charge in [-0.2, -0.15) is 0 Å². The van der Waals surface area contributed by atoms with Crippen molar-refractivity contribution in [1.82, 2.24) is 0 Å². The van der Waals surface area contributed by atoms with Crippen molar-refractivity contribution in [1.29, 1.82) is 0 Å². The quantitative estimate of drug-likeness (QED) is 0.538. The molecule has 0 aliphatic heterocycles. The third kappa shape index (κ3) is 2.96. The highest BCUT2D eigenvalue weighted by Crippen LogP contribution is 2.23. The Labute approximate surface area is 61.5 Å². The van der Waals surface area contributed by atoms with Crippen LogP contribution in [-0.4, -0.2) is 6.36 Å². The van der Waals surface area contributed by atoms with E-state index in [2.05, 4.69) is 10.5 Å². The maximum Gasteiger partial charge on any atom is 0.572 e. The molecule has 0 saturated heterocycles. The monoisotopic (exact) mass is 162 g/mol. The summed E-state index contributed by atoms with van der Waals surface area (Å²) in [4.78, 5) is 0. The Morgan fingerprint density at radius 2 is 2.18 bits per heavy atom. The SMILES string of the molecule is FC(F)(F)OC1=CC=C=CC1. The maximum absolute atomic E-state index is 11.5. The molecule has 0 aromatic heterocycles. The van der Waals surface area contributed by atoms with E-state index >= 15 is 0 Å². The van der Waals surface area contributed by atoms with Gasteiger partial charge in [-0.15, -0.1) is 18.9 Å². The van der Waals surface area contributed by atoms with Crippen LogP contribution in [0, 0.1) is 0 Å². The summed E-state index contributed by atoms with van der Waals surface area (Å²) < 4.78 is 38.2. The lowest BCUT2D eigenvalue weighted by Gasteiger charge is -2.10. The van der Waals surface area contributed by atoms with Crippen LogP contribution < -0.4 is 0 Å². The van der Waals surface area contributed by atoms with Crippen LogP contribution in [0.4, 0.5) is 13.2 Å². The minimum atomic E-state index is -4.58. The lowest BCUT2D eigenvalue weighted by Crippen LogP contribution is -2.12. The molecule has 4 heteroatoms. The van der Waals surface area contributed by atoms with Crippen molar-refractivity contribution in [2.24, 2.45) is 0 Å². The highest BCUT2D eigenvalue weighted by molar-refractivity contribution is 5.15. The van der Waals surface area contributed by atoms with Crippen molar-refractivity contribution in [3.8, 4) is 0 Å². The van der Waals surface area contributed by atoms with E-state index in [0.717, 1.165) is 0 Å². The molecule has 0 N–H and O–H groups in total. The Balaban J connectivity index is 2.53. The average Bonchev–Trinajstić information content (AvgIpc) is 1.85. The lowest BCUT2D eigenvalue weighted by atomic mass is 10.2. The Hall–Kier alpha value is -1.15. The first-order valence-electron chi connectivity index (χ1n) is 2.94. The first-order valence-corrected chi connectivity index (χ1v) is 2.94. The van der Waals surface area contributed by atoms with Crippen molar-refractivity contribution < 1.29 is 17.9 Å². The van der Waals surface area contributed by atoms with Gasteiger partial charge in [0.1, 0.15) is 5.76 Å². The molecule has 0 aromatic rings. The molecule has 11 heavy (non-hydrogen) atoms. The minimum Gasteiger partial charge on any atom is -0.410 e. The normalized spacial score (nSPS) is 16.5. The molecule has 0 heterocycles. The Bertz CT molecular complexity index is 231. The largest absolute Gasteiger partial charge is 0.572 e. The molecule has 1 aliphatic carbocycles. The van der Waals surface area contributed by atoms with E-state index in [0.29, 0.717) is 0 Å². The van der Waals surface area contributed by atoms with Crippen LogP contribution in [0.5, 0.6) is 0 Å². The number of rotatable bonds is 1. The molecule has 0 spiro atoms. The van der Waals surface area contributed by atoms with Gasteiger partial charge in [0.25, 0.3) is 0 Å². The fraction of sp³-hybridized carbons (Fsp3) is 0.286. The van der Waals surface area contributed by atoms with Gasteiger partial charge in [-0.25, -0.2) is 0 Å². The Morgan fingerprint density at radius 1 is 1.45 bits per heavy atom. The summed E-state index contributed by atoms with van der Waals surface area (Å²) in [6.07, 6.45) is -0.333. The summed E-state index contributed by atoms with van der Waals surface area (Å²) in [6, 6.07) is 0. The van der Waals surface area contributed by atoms with Crippen molar-refractivity contribution >= 4 is 0 Å². The van der Waals surface area contributed by atoms with Crippen molar-refractivity contribution in [2.45, 2.75) is 12.8 Å². The summed E-state index contributed by atoms with van der Waals surface area (Å²) in [5.74, 6) is -0.101. The minimum absolute atomic E-state index is 0.101. The van der Waals surface area contributed by atoms with Gasteiger partial charge in [-0.3, -0.25) is 0 Å². The molecule has 0 saturated carbocycles. The lowest BCUT2D eigenvalue weighted by molar-refractivity contribution is -0.306. The number of hydrogen-bond acceptors (Lipinski definition) is 1. The van der Waals surface area contributed by atoms with Gasteiger partial charge >= 0.3 is 6.36 Å². The van der Waals surface area contributed by atoms with E-state index in [-0.39, 0.29) is 12.2 Å². The van der Waals surface area contributed by atoms with Crippen molar-refractivity contribution in [3.05, 3.63) is 29.7 Å². The third-order valence-electron chi connectivity index (χ3n) is 1.03. The predicted molar refractivity (Wildman–Crippen MR) is 32.5 cm³/mol. The van der Waals surface area contributed by atoms with E-state index in [9.17, 15) is 13.2 Å². The first kappa shape index (κ1) is 7.95. The molecule has 0 radical (unpaired) electrons. The average molecular weight is 162 g/mol. The van der Waals surface area contributed by atoms with E-state index in [4.69, 9.17) is 0 Å². The van der Waals surface area contributed by atoms with Crippen molar-refractivity contribution in [3.63, 3.8) is 0 Å². The summed E-state index contributed by atoms with van der Waals surface area (Å²) in [7, 11) is 0. The second-order valence-corrected chi connectivity index (χ2v) is 1.92. The molecular weight excluding hydrogens is 157 g/mol. The highest BCUT2D eigenvalue weighted by Gasteiger charge is 2.31. The number of hydrogen-bond donors (Lipinski definition) is 0. The fourth-order valence-corrected chi connectivity index (χ4v) is 0.661. The van der Waals surface area contributed by atoms with Gasteiger partial charge in [-0.05, 0) is 18.2 Å². The standard InChI is InChI=1S/C7H5F3O/c8-7(9,10)11-6-4-2-1-3-5-6/h2-4H,5H2. The summed E-state index contributed by atoms with van der Waals surface area (Å²) in [5.41, 5.74) is 2.63. The molecule has 0 atom stereocenters. The third-order valence-corrected chi connectivity index (χ3v) is 1.03. The zero-order valence-corrected chi connectivity index (χ0v) is 5.48. The van der Waals surface area contributed by atoms with Gasteiger partial charge in [-0.1, -0.05) is 0 Å². The molecule has 0 fully saturated rings. The van der Waals surface area contributed by atoms with Crippen LogP contribution in [-0.2, 0) is 4.74 Å². The van der Waals surface area contributed by atoms with Crippen molar-refractivity contribution in [2.75, 3.05) is 0 Å². The van der Waals surface area contributed by atoms with Crippen LogP contribution in [0.3, 0.4) is 0 Å². The molecule has 1 rings (SSSR count). The molecule has 1 aliphatic rings. The van der Waals surface area contributed by atoms with Crippen LogP contribution >= 0.6 is 0 Å².